The standard InChI is InChI=1S/C24H32F2N6O/c1-18(2)27-22-6-9-32(28-22)23(33)31-14-12-29(13-15-31)17-20-5-4-19(3)16-21(20)30-10-7-24(25,26)8-11-30/h4-6,9,16H,1,7-8,10-15,17H2,2-3H3,(H,27,28). The fourth-order valence-corrected chi connectivity index (χ4v) is 4.38. The van der Waals surface area contributed by atoms with Crippen molar-refractivity contribution < 1.29 is 13.6 Å². The van der Waals surface area contributed by atoms with E-state index in [0.29, 0.717) is 32.0 Å². The lowest BCUT2D eigenvalue weighted by molar-refractivity contribution is -0.0221. The fourth-order valence-electron chi connectivity index (χ4n) is 4.38. The van der Waals surface area contributed by atoms with Gasteiger partial charge in [0.25, 0.3) is 5.92 Å². The number of benzene rings is 1. The van der Waals surface area contributed by atoms with Gasteiger partial charge in [-0.25, -0.2) is 13.6 Å². The molecule has 2 aromatic rings. The zero-order valence-corrected chi connectivity index (χ0v) is 19.4. The lowest BCUT2D eigenvalue weighted by Crippen LogP contribution is -2.49. The molecule has 0 spiro atoms. The first-order valence-electron chi connectivity index (χ1n) is 11.4. The second-order valence-corrected chi connectivity index (χ2v) is 9.07. The van der Waals surface area contributed by atoms with Crippen molar-refractivity contribution >= 4 is 17.5 Å². The Labute approximate surface area is 193 Å². The summed E-state index contributed by atoms with van der Waals surface area (Å²) in [5.41, 5.74) is 4.09. The molecule has 0 atom stereocenters. The monoisotopic (exact) mass is 458 g/mol. The van der Waals surface area contributed by atoms with Crippen molar-refractivity contribution in [2.45, 2.75) is 39.2 Å². The SMILES string of the molecule is C=C(C)Nc1ccn(C(=O)N2CCN(Cc3ccc(C)cc3N3CCC(F)(F)CC3)CC2)n1. The molecule has 1 aromatic carbocycles. The molecule has 2 aliphatic rings. The highest BCUT2D eigenvalue weighted by Crippen LogP contribution is 2.33. The fraction of sp³-hybridized carbons (Fsp3) is 0.500. The van der Waals surface area contributed by atoms with E-state index in [-0.39, 0.29) is 18.9 Å². The van der Waals surface area contributed by atoms with Gasteiger partial charge < -0.3 is 15.1 Å². The molecule has 1 N–H and O–H groups in total. The number of aryl methyl sites for hydroxylation is 1. The summed E-state index contributed by atoms with van der Waals surface area (Å²) >= 11 is 0. The Morgan fingerprint density at radius 1 is 1.12 bits per heavy atom. The normalized spacial score (nSPS) is 18.9. The summed E-state index contributed by atoms with van der Waals surface area (Å²) in [6, 6.07) is 7.89. The summed E-state index contributed by atoms with van der Waals surface area (Å²) in [5, 5.41) is 7.28. The number of hydrogen-bond donors (Lipinski definition) is 1. The number of allylic oxidation sites excluding steroid dienone is 1. The third-order valence-corrected chi connectivity index (χ3v) is 6.24. The molecule has 1 amide bonds. The van der Waals surface area contributed by atoms with Crippen molar-refractivity contribution in [2.75, 3.05) is 49.5 Å². The van der Waals surface area contributed by atoms with Crippen LogP contribution in [0, 0.1) is 6.92 Å². The molecule has 2 aliphatic heterocycles. The number of carbonyl (C=O) groups excluding carboxylic acids is 1. The quantitative estimate of drug-likeness (QED) is 0.729. The Bertz CT molecular complexity index is 1000. The van der Waals surface area contributed by atoms with Crippen molar-refractivity contribution in [3.8, 4) is 0 Å². The van der Waals surface area contributed by atoms with E-state index in [2.05, 4.69) is 45.0 Å². The summed E-state index contributed by atoms with van der Waals surface area (Å²) in [7, 11) is 0. The number of piperidine rings is 1. The van der Waals surface area contributed by atoms with Gasteiger partial charge >= 0.3 is 6.03 Å². The zero-order valence-electron chi connectivity index (χ0n) is 19.4. The van der Waals surface area contributed by atoms with Gasteiger partial charge in [0, 0.05) is 82.3 Å². The van der Waals surface area contributed by atoms with Crippen LogP contribution in [-0.2, 0) is 6.54 Å². The Kier molecular flexibility index (Phi) is 6.69. The van der Waals surface area contributed by atoms with Crippen molar-refractivity contribution in [2.24, 2.45) is 0 Å². The predicted octanol–water partition coefficient (Wildman–Crippen LogP) is 4.16. The number of halogens is 2. The van der Waals surface area contributed by atoms with E-state index in [9.17, 15) is 13.6 Å². The molecule has 2 fully saturated rings. The summed E-state index contributed by atoms with van der Waals surface area (Å²) < 4.78 is 28.6. The van der Waals surface area contributed by atoms with Crippen LogP contribution in [0.2, 0.25) is 0 Å². The Hall–Kier alpha value is -2.94. The first-order valence-corrected chi connectivity index (χ1v) is 11.4. The number of hydrogen-bond acceptors (Lipinski definition) is 5. The molecule has 2 saturated heterocycles. The second kappa shape index (κ2) is 9.51. The van der Waals surface area contributed by atoms with Gasteiger partial charge in [0.05, 0.1) is 0 Å². The summed E-state index contributed by atoms with van der Waals surface area (Å²) in [4.78, 5) is 19.0. The largest absolute Gasteiger partial charge is 0.371 e. The molecule has 1 aromatic heterocycles. The number of aromatic nitrogens is 2. The average Bonchev–Trinajstić information content (AvgIpc) is 3.23. The first-order chi connectivity index (χ1) is 15.7. The molecule has 4 rings (SSSR count). The van der Waals surface area contributed by atoms with Crippen LogP contribution in [0.5, 0.6) is 0 Å². The van der Waals surface area contributed by atoms with E-state index in [0.717, 1.165) is 42.1 Å². The number of piperazine rings is 1. The van der Waals surface area contributed by atoms with E-state index < -0.39 is 5.92 Å². The molecule has 9 heteroatoms. The zero-order chi connectivity index (χ0) is 23.6. The third-order valence-electron chi connectivity index (χ3n) is 6.24. The van der Waals surface area contributed by atoms with Crippen molar-refractivity contribution in [3.05, 3.63) is 53.9 Å². The minimum atomic E-state index is -2.56. The molecule has 0 unspecified atom stereocenters. The third kappa shape index (κ3) is 5.71. The molecule has 0 bridgehead atoms. The number of nitrogens with zero attached hydrogens (tertiary/aromatic N) is 5. The van der Waals surface area contributed by atoms with Crippen LogP contribution in [0.25, 0.3) is 0 Å². The van der Waals surface area contributed by atoms with Gasteiger partial charge in [0.2, 0.25) is 0 Å². The van der Waals surface area contributed by atoms with Crippen molar-refractivity contribution in [1.29, 1.82) is 0 Å². The topological polar surface area (TPSA) is 56.6 Å². The predicted molar refractivity (Wildman–Crippen MR) is 126 cm³/mol. The minimum Gasteiger partial charge on any atom is -0.371 e. The van der Waals surface area contributed by atoms with E-state index in [1.165, 1.54) is 4.68 Å². The maximum Gasteiger partial charge on any atom is 0.344 e. The lowest BCUT2D eigenvalue weighted by atomic mass is 10.0. The number of rotatable bonds is 5. The Balaban J connectivity index is 1.36. The molecule has 0 saturated carbocycles. The van der Waals surface area contributed by atoms with Crippen LogP contribution < -0.4 is 10.2 Å². The second-order valence-electron chi connectivity index (χ2n) is 9.07. The smallest absolute Gasteiger partial charge is 0.344 e. The van der Waals surface area contributed by atoms with Crippen LogP contribution in [0.15, 0.2) is 42.7 Å². The molecule has 0 aliphatic carbocycles. The summed E-state index contributed by atoms with van der Waals surface area (Å²) in [6.07, 6.45) is 1.46. The van der Waals surface area contributed by atoms with Gasteiger partial charge in [-0.2, -0.15) is 4.68 Å². The number of amides is 1. The average molecular weight is 459 g/mol. The van der Waals surface area contributed by atoms with Gasteiger partial charge in [0.15, 0.2) is 5.82 Å². The van der Waals surface area contributed by atoms with Crippen LogP contribution in [0.3, 0.4) is 0 Å². The number of nitrogens with one attached hydrogen (secondary N) is 1. The molecule has 3 heterocycles. The van der Waals surface area contributed by atoms with Gasteiger partial charge in [-0.05, 0) is 31.0 Å². The van der Waals surface area contributed by atoms with Crippen LogP contribution in [0.4, 0.5) is 25.1 Å². The van der Waals surface area contributed by atoms with E-state index in [1.807, 2.05) is 13.8 Å². The van der Waals surface area contributed by atoms with Gasteiger partial charge in [-0.3, -0.25) is 4.90 Å². The highest BCUT2D eigenvalue weighted by molar-refractivity contribution is 5.76. The number of alkyl halides is 2. The van der Waals surface area contributed by atoms with Crippen LogP contribution >= 0.6 is 0 Å². The van der Waals surface area contributed by atoms with Gasteiger partial charge in [0.1, 0.15) is 0 Å². The first kappa shape index (κ1) is 23.2. The van der Waals surface area contributed by atoms with E-state index in [1.54, 1.807) is 17.2 Å². The van der Waals surface area contributed by atoms with Gasteiger partial charge in [-0.15, -0.1) is 5.10 Å². The molecule has 0 radical (unpaired) electrons. The number of anilines is 2. The molecule has 178 valence electrons. The lowest BCUT2D eigenvalue weighted by Gasteiger charge is -2.37. The van der Waals surface area contributed by atoms with Crippen molar-refractivity contribution in [1.82, 2.24) is 19.6 Å². The maximum atomic E-state index is 13.6. The number of carbonyl (C=O) groups is 1. The van der Waals surface area contributed by atoms with E-state index in [4.69, 9.17) is 0 Å². The summed E-state index contributed by atoms with van der Waals surface area (Å²) in [5.74, 6) is -1.96. The Morgan fingerprint density at radius 3 is 2.48 bits per heavy atom. The van der Waals surface area contributed by atoms with Crippen LogP contribution in [0.1, 0.15) is 30.9 Å². The van der Waals surface area contributed by atoms with E-state index >= 15 is 0 Å². The molecular weight excluding hydrogens is 426 g/mol. The van der Waals surface area contributed by atoms with Gasteiger partial charge in [-0.1, -0.05) is 18.7 Å². The summed E-state index contributed by atoms with van der Waals surface area (Å²) in [6.45, 7) is 11.8. The minimum absolute atomic E-state index is 0.0990. The van der Waals surface area contributed by atoms with Crippen LogP contribution in [-0.4, -0.2) is 70.8 Å². The molecule has 33 heavy (non-hydrogen) atoms. The highest BCUT2D eigenvalue weighted by Gasteiger charge is 2.34. The molecular formula is C24H32F2N6O. The highest BCUT2D eigenvalue weighted by atomic mass is 19.3. The maximum absolute atomic E-state index is 13.6. The Morgan fingerprint density at radius 2 is 1.82 bits per heavy atom. The molecule has 7 nitrogen and oxygen atoms in total. The van der Waals surface area contributed by atoms with Crippen molar-refractivity contribution in [3.63, 3.8) is 0 Å².